The van der Waals surface area contributed by atoms with Gasteiger partial charge in [-0.1, -0.05) is 12.1 Å². The van der Waals surface area contributed by atoms with Crippen molar-refractivity contribution in [3.05, 3.63) is 30.5 Å². The van der Waals surface area contributed by atoms with Gasteiger partial charge in [-0.2, -0.15) is 0 Å². The highest BCUT2D eigenvalue weighted by Crippen LogP contribution is 2.28. The van der Waals surface area contributed by atoms with Crippen LogP contribution < -0.4 is 4.90 Å². The minimum atomic E-state index is 0.716. The zero-order chi connectivity index (χ0) is 12.4. The van der Waals surface area contributed by atoms with E-state index in [4.69, 9.17) is 16.0 Å². The molecule has 0 amide bonds. The average Bonchev–Trinajstić information content (AvgIpc) is 2.88. The lowest BCUT2D eigenvalue weighted by molar-refractivity contribution is 0.272. The van der Waals surface area contributed by atoms with Crippen molar-refractivity contribution in [2.75, 3.05) is 43.5 Å². The van der Waals surface area contributed by atoms with Crippen molar-refractivity contribution in [1.29, 1.82) is 0 Å². The molecule has 0 N–H and O–H groups in total. The molecule has 96 valence electrons. The van der Waals surface area contributed by atoms with Crippen LogP contribution in [0.1, 0.15) is 0 Å². The van der Waals surface area contributed by atoms with E-state index in [2.05, 4.69) is 28.0 Å². The maximum absolute atomic E-state index is 5.78. The number of hydrogen-bond donors (Lipinski definition) is 0. The van der Waals surface area contributed by atoms with Gasteiger partial charge in [0.1, 0.15) is 0 Å². The highest BCUT2D eigenvalue weighted by molar-refractivity contribution is 6.18. The van der Waals surface area contributed by atoms with Crippen LogP contribution in [-0.4, -0.2) is 43.5 Å². The molecule has 0 atom stereocenters. The van der Waals surface area contributed by atoms with Gasteiger partial charge in [0.25, 0.3) is 0 Å². The molecule has 0 spiro atoms. The molecule has 0 radical (unpaired) electrons. The third-order valence-electron chi connectivity index (χ3n) is 3.57. The number of nitrogens with zero attached hydrogens (tertiary/aromatic N) is 2. The fraction of sp³-hybridized carbons (Fsp3) is 0.429. The number of anilines is 1. The smallest absolute Gasteiger partial charge is 0.157 e. The summed E-state index contributed by atoms with van der Waals surface area (Å²) >= 11 is 5.78. The molecule has 1 aromatic carbocycles. The molecule has 1 aliphatic rings. The first-order valence-electron chi connectivity index (χ1n) is 6.38. The molecule has 2 aromatic rings. The Hall–Kier alpha value is -1.19. The van der Waals surface area contributed by atoms with Crippen molar-refractivity contribution >= 4 is 28.3 Å². The van der Waals surface area contributed by atoms with Gasteiger partial charge in [0.15, 0.2) is 5.58 Å². The van der Waals surface area contributed by atoms with E-state index < -0.39 is 0 Å². The summed E-state index contributed by atoms with van der Waals surface area (Å²) < 4.78 is 5.60. The van der Waals surface area contributed by atoms with Crippen molar-refractivity contribution in [2.24, 2.45) is 0 Å². The Morgan fingerprint density at radius 3 is 2.72 bits per heavy atom. The van der Waals surface area contributed by atoms with Crippen molar-refractivity contribution in [3.8, 4) is 0 Å². The fourth-order valence-electron chi connectivity index (χ4n) is 2.56. The lowest BCUT2D eigenvalue weighted by Crippen LogP contribution is -2.47. The van der Waals surface area contributed by atoms with Gasteiger partial charge >= 0.3 is 0 Å². The molecule has 3 rings (SSSR count). The Balaban J connectivity index is 1.78. The van der Waals surface area contributed by atoms with Gasteiger partial charge in [-0.3, -0.25) is 4.90 Å². The molecule has 1 saturated heterocycles. The highest BCUT2D eigenvalue weighted by Gasteiger charge is 2.18. The predicted octanol–water partition coefficient (Wildman–Crippen LogP) is 2.79. The quantitative estimate of drug-likeness (QED) is 0.795. The number of fused-ring (bicyclic) bond motifs is 1. The van der Waals surface area contributed by atoms with Gasteiger partial charge in [0, 0.05) is 44.0 Å². The van der Waals surface area contributed by atoms with Gasteiger partial charge in [-0.25, -0.2) is 0 Å². The van der Waals surface area contributed by atoms with E-state index in [-0.39, 0.29) is 0 Å². The standard InChI is InChI=1S/C14H17ClN2O/c15-5-6-16-7-9-17(10-8-16)13-3-1-2-12-4-11-18-14(12)13/h1-4,11H,5-10H2. The zero-order valence-corrected chi connectivity index (χ0v) is 11.1. The Labute approximate surface area is 112 Å². The van der Waals surface area contributed by atoms with Gasteiger partial charge in [-0.05, 0) is 12.1 Å². The molecule has 1 aromatic heterocycles. The maximum Gasteiger partial charge on any atom is 0.157 e. The van der Waals surface area contributed by atoms with E-state index in [0.717, 1.165) is 38.3 Å². The second-order valence-electron chi connectivity index (χ2n) is 4.63. The van der Waals surface area contributed by atoms with Crippen LogP contribution in [0, 0.1) is 0 Å². The van der Waals surface area contributed by atoms with Crippen molar-refractivity contribution in [3.63, 3.8) is 0 Å². The Kier molecular flexibility index (Phi) is 3.43. The first-order chi connectivity index (χ1) is 8.88. The zero-order valence-electron chi connectivity index (χ0n) is 10.3. The Bertz CT molecular complexity index is 517. The van der Waals surface area contributed by atoms with E-state index in [1.807, 2.05) is 6.07 Å². The van der Waals surface area contributed by atoms with Gasteiger partial charge < -0.3 is 9.32 Å². The minimum Gasteiger partial charge on any atom is -0.462 e. The Morgan fingerprint density at radius 2 is 1.94 bits per heavy atom. The van der Waals surface area contributed by atoms with E-state index >= 15 is 0 Å². The fourth-order valence-corrected chi connectivity index (χ4v) is 2.80. The largest absolute Gasteiger partial charge is 0.462 e. The SMILES string of the molecule is ClCCN1CCN(c2cccc3ccoc23)CC1. The van der Waals surface area contributed by atoms with Crippen molar-refractivity contribution < 1.29 is 4.42 Å². The molecular weight excluding hydrogens is 248 g/mol. The molecule has 1 fully saturated rings. The van der Waals surface area contributed by atoms with Gasteiger partial charge in [0.05, 0.1) is 12.0 Å². The monoisotopic (exact) mass is 264 g/mol. The molecule has 0 bridgehead atoms. The summed E-state index contributed by atoms with van der Waals surface area (Å²) in [6.07, 6.45) is 1.76. The van der Waals surface area contributed by atoms with Gasteiger partial charge in [0.2, 0.25) is 0 Å². The average molecular weight is 265 g/mol. The number of hydrogen-bond acceptors (Lipinski definition) is 3. The molecular formula is C14H17ClN2O. The molecule has 4 heteroatoms. The lowest BCUT2D eigenvalue weighted by atomic mass is 10.2. The molecule has 3 nitrogen and oxygen atoms in total. The van der Waals surface area contributed by atoms with E-state index in [1.165, 1.54) is 11.1 Å². The minimum absolute atomic E-state index is 0.716. The number of alkyl halides is 1. The summed E-state index contributed by atoms with van der Waals surface area (Å²) in [6.45, 7) is 5.21. The molecule has 1 aliphatic heterocycles. The number of rotatable bonds is 3. The number of para-hydroxylation sites is 1. The second kappa shape index (κ2) is 5.21. The first-order valence-corrected chi connectivity index (χ1v) is 6.91. The van der Waals surface area contributed by atoms with Crippen LogP contribution in [0.2, 0.25) is 0 Å². The molecule has 2 heterocycles. The van der Waals surface area contributed by atoms with Crippen LogP contribution >= 0.6 is 11.6 Å². The summed E-state index contributed by atoms with van der Waals surface area (Å²) in [5.74, 6) is 0.716. The second-order valence-corrected chi connectivity index (χ2v) is 5.01. The van der Waals surface area contributed by atoms with E-state index in [9.17, 15) is 0 Å². The highest BCUT2D eigenvalue weighted by atomic mass is 35.5. The van der Waals surface area contributed by atoms with Crippen molar-refractivity contribution in [1.82, 2.24) is 4.90 Å². The number of halogens is 1. The normalized spacial score (nSPS) is 17.5. The topological polar surface area (TPSA) is 19.6 Å². The van der Waals surface area contributed by atoms with Crippen LogP contribution in [0.3, 0.4) is 0 Å². The van der Waals surface area contributed by atoms with Crippen LogP contribution in [0.4, 0.5) is 5.69 Å². The van der Waals surface area contributed by atoms with Crippen LogP contribution in [0.15, 0.2) is 34.9 Å². The summed E-state index contributed by atoms with van der Waals surface area (Å²) in [5, 5.41) is 1.18. The molecule has 0 aliphatic carbocycles. The van der Waals surface area contributed by atoms with Crippen LogP contribution in [0.5, 0.6) is 0 Å². The van der Waals surface area contributed by atoms with Crippen molar-refractivity contribution in [2.45, 2.75) is 0 Å². The molecule has 0 saturated carbocycles. The van der Waals surface area contributed by atoms with E-state index in [1.54, 1.807) is 6.26 Å². The van der Waals surface area contributed by atoms with E-state index in [0.29, 0.717) is 5.88 Å². The summed E-state index contributed by atoms with van der Waals surface area (Å²) in [7, 11) is 0. The summed E-state index contributed by atoms with van der Waals surface area (Å²) in [5.41, 5.74) is 2.21. The summed E-state index contributed by atoms with van der Waals surface area (Å²) in [4.78, 5) is 4.81. The van der Waals surface area contributed by atoms with Crippen LogP contribution in [0.25, 0.3) is 11.0 Å². The third-order valence-corrected chi connectivity index (χ3v) is 3.74. The lowest BCUT2D eigenvalue weighted by Gasteiger charge is -2.35. The molecule has 18 heavy (non-hydrogen) atoms. The summed E-state index contributed by atoms with van der Waals surface area (Å²) in [6, 6.07) is 8.34. The van der Waals surface area contributed by atoms with Gasteiger partial charge in [-0.15, -0.1) is 11.6 Å². The number of piperazine rings is 1. The predicted molar refractivity (Wildman–Crippen MR) is 75.6 cm³/mol. The molecule has 0 unspecified atom stereocenters. The third kappa shape index (κ3) is 2.20. The van der Waals surface area contributed by atoms with Crippen LogP contribution in [-0.2, 0) is 0 Å². The number of benzene rings is 1. The first kappa shape index (κ1) is 11.9. The Morgan fingerprint density at radius 1 is 1.11 bits per heavy atom. The number of furan rings is 1. The maximum atomic E-state index is 5.78.